The molecule has 0 heterocycles. The zero-order chi connectivity index (χ0) is 31.7. The van der Waals surface area contributed by atoms with Crippen molar-refractivity contribution in [3.63, 3.8) is 0 Å². The molecule has 0 aliphatic rings. The van der Waals surface area contributed by atoms with E-state index in [1.54, 1.807) is 31.2 Å². The molecule has 1 N–H and O–H groups in total. The van der Waals surface area contributed by atoms with E-state index in [-0.39, 0.29) is 34.8 Å². The third kappa shape index (κ3) is 8.32. The first-order valence-electron chi connectivity index (χ1n) is 13.7. The molecule has 0 bridgehead atoms. The summed E-state index contributed by atoms with van der Waals surface area (Å²) in [6.45, 7) is 4.87. The second kappa shape index (κ2) is 15.0. The maximum absolute atomic E-state index is 14.1. The van der Waals surface area contributed by atoms with Crippen molar-refractivity contribution in [1.82, 2.24) is 10.2 Å². The molecule has 2 atom stereocenters. The zero-order valence-electron chi connectivity index (χ0n) is 25.2. The van der Waals surface area contributed by atoms with Gasteiger partial charge in [-0.1, -0.05) is 30.7 Å². The number of ether oxygens (including phenoxy) is 3. The molecule has 0 aliphatic carbocycles. The van der Waals surface area contributed by atoms with Gasteiger partial charge in [0.05, 0.1) is 31.9 Å². The summed E-state index contributed by atoms with van der Waals surface area (Å²) in [5.41, 5.74) is 0.919. The topological polar surface area (TPSA) is 114 Å². The third-order valence-corrected chi connectivity index (χ3v) is 9.01. The number of nitrogens with one attached hydrogen (secondary N) is 1. The minimum atomic E-state index is -4.32. The van der Waals surface area contributed by atoms with Crippen molar-refractivity contribution >= 4 is 39.1 Å². The lowest BCUT2D eigenvalue weighted by molar-refractivity contribution is -0.139. The molecular formula is C31H38ClN3O7S. The van der Waals surface area contributed by atoms with Crippen LogP contribution in [0.3, 0.4) is 0 Å². The van der Waals surface area contributed by atoms with Gasteiger partial charge in [-0.2, -0.15) is 0 Å². The summed E-state index contributed by atoms with van der Waals surface area (Å²) in [6.07, 6.45) is 0.705. The minimum Gasteiger partial charge on any atom is -0.497 e. The van der Waals surface area contributed by atoms with Crippen LogP contribution in [-0.2, 0) is 26.2 Å². The van der Waals surface area contributed by atoms with Crippen molar-refractivity contribution in [2.75, 3.05) is 32.2 Å². The van der Waals surface area contributed by atoms with Gasteiger partial charge in [-0.05, 0) is 74.4 Å². The Bertz CT molecular complexity index is 1520. The highest BCUT2D eigenvalue weighted by molar-refractivity contribution is 7.92. The van der Waals surface area contributed by atoms with Gasteiger partial charge in [-0.15, -0.1) is 0 Å². The Balaban J connectivity index is 2.07. The van der Waals surface area contributed by atoms with Gasteiger partial charge >= 0.3 is 0 Å². The normalized spacial score (nSPS) is 12.5. The van der Waals surface area contributed by atoms with Gasteiger partial charge in [-0.25, -0.2) is 8.42 Å². The van der Waals surface area contributed by atoms with Crippen molar-refractivity contribution in [2.24, 2.45) is 0 Å². The van der Waals surface area contributed by atoms with Crippen molar-refractivity contribution in [3.05, 3.63) is 77.3 Å². The molecular weight excluding hydrogens is 594 g/mol. The summed E-state index contributed by atoms with van der Waals surface area (Å²) >= 11 is 6.09. The van der Waals surface area contributed by atoms with E-state index in [1.165, 1.54) is 68.7 Å². The molecule has 43 heavy (non-hydrogen) atoms. The molecule has 0 fully saturated rings. The van der Waals surface area contributed by atoms with Crippen LogP contribution in [0.25, 0.3) is 0 Å². The lowest BCUT2D eigenvalue weighted by atomic mass is 10.1. The highest BCUT2D eigenvalue weighted by atomic mass is 35.5. The Labute approximate surface area is 258 Å². The van der Waals surface area contributed by atoms with E-state index in [4.69, 9.17) is 25.8 Å². The zero-order valence-corrected chi connectivity index (χ0v) is 26.7. The number of benzene rings is 3. The number of hydrogen-bond donors (Lipinski definition) is 1. The third-order valence-electron chi connectivity index (χ3n) is 6.99. The van der Waals surface area contributed by atoms with Gasteiger partial charge in [0.1, 0.15) is 18.3 Å². The van der Waals surface area contributed by atoms with E-state index < -0.39 is 28.5 Å². The first-order chi connectivity index (χ1) is 20.4. The Morgan fingerprint density at radius 3 is 2.19 bits per heavy atom. The van der Waals surface area contributed by atoms with Gasteiger partial charge < -0.3 is 24.4 Å². The summed E-state index contributed by atoms with van der Waals surface area (Å²) in [4.78, 5) is 28.6. The van der Waals surface area contributed by atoms with E-state index in [2.05, 4.69) is 5.32 Å². The van der Waals surface area contributed by atoms with E-state index in [0.29, 0.717) is 28.5 Å². The highest BCUT2D eigenvalue weighted by Gasteiger charge is 2.33. The molecule has 12 heteroatoms. The molecule has 3 rings (SSSR count). The van der Waals surface area contributed by atoms with Gasteiger partial charge in [-0.3, -0.25) is 13.9 Å². The van der Waals surface area contributed by atoms with Crippen LogP contribution in [-0.4, -0.2) is 65.1 Å². The molecule has 0 radical (unpaired) electrons. The first-order valence-corrected chi connectivity index (χ1v) is 15.5. The van der Waals surface area contributed by atoms with Crippen LogP contribution < -0.4 is 23.8 Å². The quantitative estimate of drug-likeness (QED) is 0.269. The highest BCUT2D eigenvalue weighted by Crippen LogP contribution is 2.32. The molecule has 0 aliphatic heterocycles. The lowest BCUT2D eigenvalue weighted by Gasteiger charge is -2.32. The molecule has 0 saturated carbocycles. The number of nitrogens with zero attached hydrogens (tertiary/aromatic N) is 2. The summed E-state index contributed by atoms with van der Waals surface area (Å²) < 4.78 is 45.1. The average molecular weight is 632 g/mol. The smallest absolute Gasteiger partial charge is 0.264 e. The van der Waals surface area contributed by atoms with Crippen molar-refractivity contribution in [3.8, 4) is 17.2 Å². The minimum absolute atomic E-state index is 0.0377. The SMILES string of the molecule is CCC(C)NC(=O)C(C)N(Cc1cccc(OC)c1)C(=O)CN(c1ccc(Cl)cc1)S(=O)(=O)c1ccc(OC)c(OC)c1. The van der Waals surface area contributed by atoms with Crippen molar-refractivity contribution in [2.45, 2.75) is 50.7 Å². The molecule has 10 nitrogen and oxygen atoms in total. The van der Waals surface area contributed by atoms with Gasteiger partial charge in [0, 0.05) is 23.7 Å². The Morgan fingerprint density at radius 1 is 0.907 bits per heavy atom. The van der Waals surface area contributed by atoms with Crippen molar-refractivity contribution < 1.29 is 32.2 Å². The van der Waals surface area contributed by atoms with Gasteiger partial charge in [0.15, 0.2) is 11.5 Å². The van der Waals surface area contributed by atoms with E-state index in [1.807, 2.05) is 13.8 Å². The maximum atomic E-state index is 14.1. The summed E-state index contributed by atoms with van der Waals surface area (Å²) in [5.74, 6) is 0.197. The molecule has 2 unspecified atom stereocenters. The number of rotatable bonds is 14. The summed E-state index contributed by atoms with van der Waals surface area (Å²) in [5, 5.41) is 3.31. The molecule has 2 amide bonds. The standard InChI is InChI=1S/C31H38ClN3O7S/c1-7-21(2)33-31(37)22(3)34(19-23-9-8-10-26(17-23)40-4)30(36)20-35(25-13-11-24(32)12-14-25)43(38,39)27-15-16-28(41-5)29(18-27)42-6/h8-18,21-22H,7,19-20H2,1-6H3,(H,33,37). The van der Waals surface area contributed by atoms with Crippen LogP contribution >= 0.6 is 11.6 Å². The predicted molar refractivity (Wildman–Crippen MR) is 166 cm³/mol. The van der Waals surface area contributed by atoms with Crippen molar-refractivity contribution in [1.29, 1.82) is 0 Å². The number of halogens is 1. The average Bonchev–Trinajstić information content (AvgIpc) is 3.01. The van der Waals surface area contributed by atoms with Crippen LogP contribution in [0.15, 0.2) is 71.6 Å². The second-order valence-electron chi connectivity index (χ2n) is 9.87. The molecule has 232 valence electrons. The second-order valence-corrected chi connectivity index (χ2v) is 12.2. The Hall–Kier alpha value is -3.96. The monoisotopic (exact) mass is 631 g/mol. The van der Waals surface area contributed by atoms with E-state index in [0.717, 1.165) is 4.31 Å². The first kappa shape index (κ1) is 33.5. The predicted octanol–water partition coefficient (Wildman–Crippen LogP) is 4.89. The van der Waals surface area contributed by atoms with E-state index >= 15 is 0 Å². The van der Waals surface area contributed by atoms with Crippen LogP contribution in [0.4, 0.5) is 5.69 Å². The maximum Gasteiger partial charge on any atom is 0.264 e. The molecule has 3 aromatic carbocycles. The Kier molecular flexibility index (Phi) is 11.7. The number of anilines is 1. The fourth-order valence-electron chi connectivity index (χ4n) is 4.26. The van der Waals surface area contributed by atoms with Crippen LogP contribution in [0.1, 0.15) is 32.8 Å². The molecule has 0 saturated heterocycles. The number of carbonyl (C=O) groups is 2. The van der Waals surface area contributed by atoms with E-state index in [9.17, 15) is 18.0 Å². The van der Waals surface area contributed by atoms with Crippen LogP contribution in [0.2, 0.25) is 5.02 Å². The summed E-state index contributed by atoms with van der Waals surface area (Å²) in [7, 11) is 0.0605. The molecule has 0 aromatic heterocycles. The fourth-order valence-corrected chi connectivity index (χ4v) is 5.81. The Morgan fingerprint density at radius 2 is 1.58 bits per heavy atom. The number of hydrogen-bond acceptors (Lipinski definition) is 7. The van der Waals surface area contributed by atoms with Gasteiger partial charge in [0.2, 0.25) is 11.8 Å². The lowest BCUT2D eigenvalue weighted by Crippen LogP contribution is -2.52. The number of methoxy groups -OCH3 is 3. The fraction of sp³-hybridized carbons (Fsp3) is 0.355. The summed E-state index contributed by atoms with van der Waals surface area (Å²) in [6, 6.07) is 16.4. The molecule has 0 spiro atoms. The number of amides is 2. The van der Waals surface area contributed by atoms with Gasteiger partial charge in [0.25, 0.3) is 10.0 Å². The number of sulfonamides is 1. The molecule has 3 aromatic rings. The number of carbonyl (C=O) groups excluding carboxylic acids is 2. The van der Waals surface area contributed by atoms with Crippen LogP contribution in [0.5, 0.6) is 17.2 Å². The van der Waals surface area contributed by atoms with Crippen LogP contribution in [0, 0.1) is 0 Å². The largest absolute Gasteiger partial charge is 0.497 e.